The van der Waals surface area contributed by atoms with Crippen LogP contribution in [0.15, 0.2) is 0 Å². The van der Waals surface area contributed by atoms with E-state index < -0.39 is 38.6 Å². The molecule has 3 N–H and O–H groups in total. The van der Waals surface area contributed by atoms with Gasteiger partial charge in [-0.05, 0) is 37.0 Å². The van der Waals surface area contributed by atoms with Gasteiger partial charge in [0.15, 0.2) is 0 Å². The lowest BCUT2D eigenvalue weighted by Gasteiger charge is -2.47. The van der Waals surface area contributed by atoms with Crippen molar-refractivity contribution < 1.29 is 32.8 Å². The van der Waals surface area contributed by atoms with E-state index in [4.69, 9.17) is 0 Å². The van der Waals surface area contributed by atoms with Gasteiger partial charge in [-0.25, -0.2) is 0 Å². The van der Waals surface area contributed by atoms with E-state index in [0.29, 0.717) is 38.5 Å². The monoisotopic (exact) mass is 534 g/mol. The third kappa shape index (κ3) is 8.71. The van der Waals surface area contributed by atoms with E-state index in [-0.39, 0.29) is 30.6 Å². The second kappa shape index (κ2) is 16.6. The maximum Gasteiger partial charge on any atom is 0.328 e. The molecule has 0 radical (unpaired) electrons. The first kappa shape index (κ1) is 34.9. The molecular weight excluding hydrogens is 480 g/mol. The molecule has 0 saturated carbocycles. The Morgan fingerprint density at radius 2 is 0.972 bits per heavy atom. The fourth-order valence-electron chi connectivity index (χ4n) is 5.93. The van der Waals surface area contributed by atoms with Crippen molar-refractivity contribution in [2.24, 2.45) is 23.2 Å². The van der Waals surface area contributed by atoms with Gasteiger partial charge in [-0.3, -0.25) is 14.1 Å². The zero-order valence-electron chi connectivity index (χ0n) is 23.7. The molecule has 0 aromatic rings. The van der Waals surface area contributed by atoms with E-state index in [1.54, 1.807) is 0 Å². The summed E-state index contributed by atoms with van der Waals surface area (Å²) in [5, 5.41) is 21.5. The largest absolute Gasteiger partial charge is 0.481 e. The lowest BCUT2D eigenvalue weighted by Crippen LogP contribution is -2.64. The smallest absolute Gasteiger partial charge is 0.328 e. The van der Waals surface area contributed by atoms with Crippen LogP contribution < -0.4 is 0 Å². The van der Waals surface area contributed by atoms with Crippen molar-refractivity contribution in [3.8, 4) is 0 Å². The fourth-order valence-corrected chi connectivity index (χ4v) is 7.35. The van der Waals surface area contributed by atoms with E-state index in [1.807, 2.05) is 41.5 Å². The summed E-state index contributed by atoms with van der Waals surface area (Å²) in [6.07, 6.45) is 8.35. The standard InChI is InChI=1S/C28H54O7S/c1-7-13-16-22(10-4)19-27(25(29)30,20-23(11-5)17-14-8-2)28(26(31)32,36(33,34)35)21-24(12-6)18-15-9-3/h22-24H,7-21H2,1-6H3,(H,29,30)(H,31,32)(H,33,34,35). The highest BCUT2D eigenvalue weighted by molar-refractivity contribution is 7.88. The Balaban J connectivity index is 7.29. The van der Waals surface area contributed by atoms with E-state index in [1.165, 1.54) is 0 Å². The average molecular weight is 535 g/mol. The van der Waals surface area contributed by atoms with Crippen LogP contribution in [0.2, 0.25) is 0 Å². The maximum atomic E-state index is 13.3. The lowest BCUT2D eigenvalue weighted by molar-refractivity contribution is -0.165. The second-order valence-electron chi connectivity index (χ2n) is 10.9. The molecule has 36 heavy (non-hydrogen) atoms. The Hall–Kier alpha value is -1.15. The Kier molecular flexibility index (Phi) is 16.1. The molecule has 0 spiro atoms. The van der Waals surface area contributed by atoms with Gasteiger partial charge in [0.2, 0.25) is 4.75 Å². The molecular formula is C28H54O7S. The molecule has 0 aliphatic carbocycles. The summed E-state index contributed by atoms with van der Waals surface area (Å²) in [5.74, 6) is -3.79. The summed E-state index contributed by atoms with van der Waals surface area (Å²) in [7, 11) is -5.29. The van der Waals surface area contributed by atoms with Crippen molar-refractivity contribution in [2.75, 3.05) is 0 Å². The molecule has 0 aromatic carbocycles. The van der Waals surface area contributed by atoms with Crippen LogP contribution in [0.25, 0.3) is 0 Å². The van der Waals surface area contributed by atoms with Gasteiger partial charge in [-0.2, -0.15) is 8.42 Å². The van der Waals surface area contributed by atoms with E-state index in [9.17, 15) is 32.8 Å². The van der Waals surface area contributed by atoms with Crippen LogP contribution in [0, 0.1) is 23.2 Å². The Morgan fingerprint density at radius 3 is 1.19 bits per heavy atom. The van der Waals surface area contributed by atoms with Crippen LogP contribution in [-0.4, -0.2) is 39.9 Å². The summed E-state index contributed by atoms with van der Waals surface area (Å²) in [5.41, 5.74) is -2.13. The molecule has 0 amide bonds. The average Bonchev–Trinajstić information content (AvgIpc) is 2.82. The van der Waals surface area contributed by atoms with Crippen LogP contribution in [0.5, 0.6) is 0 Å². The van der Waals surface area contributed by atoms with E-state index >= 15 is 0 Å². The predicted molar refractivity (Wildman–Crippen MR) is 146 cm³/mol. The minimum absolute atomic E-state index is 0.0717. The molecule has 0 heterocycles. The van der Waals surface area contributed by atoms with Crippen molar-refractivity contribution in [1.29, 1.82) is 0 Å². The first-order valence-electron chi connectivity index (χ1n) is 14.3. The van der Waals surface area contributed by atoms with Crippen LogP contribution in [0.1, 0.15) is 138 Å². The van der Waals surface area contributed by atoms with Gasteiger partial charge in [0, 0.05) is 0 Å². The van der Waals surface area contributed by atoms with Gasteiger partial charge in [-0.1, -0.05) is 119 Å². The molecule has 7 nitrogen and oxygen atoms in total. The topological polar surface area (TPSA) is 129 Å². The minimum atomic E-state index is -5.29. The first-order valence-corrected chi connectivity index (χ1v) is 15.7. The molecule has 0 saturated heterocycles. The quantitative estimate of drug-likeness (QED) is 0.122. The highest BCUT2D eigenvalue weighted by atomic mass is 32.2. The number of carbonyl (C=O) groups is 2. The third-order valence-electron chi connectivity index (χ3n) is 8.45. The van der Waals surface area contributed by atoms with Crippen LogP contribution in [0.3, 0.4) is 0 Å². The number of unbranched alkanes of at least 4 members (excludes halogenated alkanes) is 3. The van der Waals surface area contributed by atoms with Crippen molar-refractivity contribution in [3.63, 3.8) is 0 Å². The summed E-state index contributed by atoms with van der Waals surface area (Å²) >= 11 is 0. The molecule has 0 fully saturated rings. The molecule has 0 bridgehead atoms. The minimum Gasteiger partial charge on any atom is -0.481 e. The summed E-state index contributed by atoms with van der Waals surface area (Å²) in [6, 6.07) is 0. The van der Waals surface area contributed by atoms with Crippen molar-refractivity contribution in [2.45, 2.75) is 143 Å². The predicted octanol–water partition coefficient (Wildman–Crippen LogP) is 7.59. The SMILES string of the molecule is CCCCC(CC)CC(CC(CC)CCCC)(C(=O)O)C(CC(CC)CCCC)(C(=O)O)S(=O)(=O)O. The highest BCUT2D eigenvalue weighted by Gasteiger charge is 2.69. The van der Waals surface area contributed by atoms with Crippen molar-refractivity contribution in [1.82, 2.24) is 0 Å². The van der Waals surface area contributed by atoms with E-state index in [0.717, 1.165) is 38.5 Å². The molecule has 0 rings (SSSR count). The summed E-state index contributed by atoms with van der Waals surface area (Å²) < 4.78 is 34.4. The van der Waals surface area contributed by atoms with E-state index in [2.05, 4.69) is 0 Å². The Bertz CT molecular complexity index is 731. The van der Waals surface area contributed by atoms with Crippen LogP contribution in [0.4, 0.5) is 0 Å². The lowest BCUT2D eigenvalue weighted by atomic mass is 9.60. The molecule has 0 aliphatic heterocycles. The zero-order chi connectivity index (χ0) is 28.0. The second-order valence-corrected chi connectivity index (χ2v) is 12.5. The molecule has 8 heteroatoms. The van der Waals surface area contributed by atoms with Gasteiger partial charge in [-0.15, -0.1) is 0 Å². The number of hydrogen-bond donors (Lipinski definition) is 3. The molecule has 4 unspecified atom stereocenters. The number of hydrogen-bond acceptors (Lipinski definition) is 4. The third-order valence-corrected chi connectivity index (χ3v) is 10.1. The van der Waals surface area contributed by atoms with Crippen LogP contribution >= 0.6 is 0 Å². The molecule has 0 aliphatic rings. The normalized spacial score (nSPS) is 18.1. The molecule has 0 aromatic heterocycles. The number of carboxylic acids is 2. The number of carboxylic acid groups (broad SMARTS) is 2. The van der Waals surface area contributed by atoms with Gasteiger partial charge >= 0.3 is 11.9 Å². The first-order chi connectivity index (χ1) is 16.9. The summed E-state index contributed by atoms with van der Waals surface area (Å²) in [4.78, 5) is 26.4. The van der Waals surface area contributed by atoms with Crippen molar-refractivity contribution >= 4 is 22.1 Å². The number of aliphatic carboxylic acids is 2. The van der Waals surface area contributed by atoms with Crippen molar-refractivity contribution in [3.05, 3.63) is 0 Å². The van der Waals surface area contributed by atoms with Gasteiger partial charge in [0.25, 0.3) is 10.1 Å². The number of rotatable bonds is 22. The van der Waals surface area contributed by atoms with Crippen LogP contribution in [-0.2, 0) is 19.7 Å². The van der Waals surface area contributed by atoms with Gasteiger partial charge in [0.1, 0.15) is 5.41 Å². The van der Waals surface area contributed by atoms with Gasteiger partial charge in [0.05, 0.1) is 0 Å². The summed E-state index contributed by atoms with van der Waals surface area (Å²) in [6.45, 7) is 11.8. The molecule has 4 atom stereocenters. The van der Waals surface area contributed by atoms with Gasteiger partial charge < -0.3 is 10.2 Å². The molecule has 214 valence electrons. The Labute approximate surface area is 220 Å². The highest BCUT2D eigenvalue weighted by Crippen LogP contribution is 2.53. The zero-order valence-corrected chi connectivity index (χ0v) is 24.5. The Morgan fingerprint density at radius 1 is 0.639 bits per heavy atom. The maximum absolute atomic E-state index is 13.3. The fraction of sp³-hybridized carbons (Fsp3) is 0.929.